The Morgan fingerprint density at radius 3 is 2.79 bits per heavy atom. The largest absolute Gasteiger partial charge is 0.454 e. The number of nitrogens with zero attached hydrogens (tertiary/aromatic N) is 1. The summed E-state index contributed by atoms with van der Waals surface area (Å²) in [6, 6.07) is 5.37. The Balaban J connectivity index is 1.48. The van der Waals surface area contributed by atoms with Crippen molar-refractivity contribution in [2.24, 2.45) is 5.92 Å². The molecule has 1 heterocycles. The predicted molar refractivity (Wildman–Crippen MR) is 99.8 cm³/mol. The second-order valence-corrected chi connectivity index (χ2v) is 7.47. The Labute approximate surface area is 167 Å². The minimum absolute atomic E-state index is 0.0159. The lowest BCUT2D eigenvalue weighted by Gasteiger charge is -2.36. The highest BCUT2D eigenvalue weighted by Crippen LogP contribution is 2.38. The molecule has 2 N–H and O–H groups in total. The Kier molecular flexibility index (Phi) is 6.14. The number of imide groups is 1. The Hall–Kier alpha value is -2.97. The first-order valence-corrected chi connectivity index (χ1v) is 9.63. The van der Waals surface area contributed by atoms with Crippen LogP contribution >= 0.6 is 0 Å². The van der Waals surface area contributed by atoms with Gasteiger partial charge < -0.3 is 15.4 Å². The number of benzene rings is 1. The van der Waals surface area contributed by atoms with Gasteiger partial charge in [0.1, 0.15) is 17.9 Å². The number of nitrogens with one attached hydrogen (secondary N) is 2. The van der Waals surface area contributed by atoms with Crippen LogP contribution in [-0.4, -0.2) is 47.4 Å². The van der Waals surface area contributed by atoms with E-state index in [0.717, 1.165) is 24.2 Å². The Bertz CT molecular complexity index is 830. The van der Waals surface area contributed by atoms with Crippen LogP contribution < -0.4 is 10.6 Å². The summed E-state index contributed by atoms with van der Waals surface area (Å²) in [5.74, 6) is -2.37. The molecule has 1 spiro atoms. The van der Waals surface area contributed by atoms with Crippen LogP contribution in [0, 0.1) is 11.7 Å². The summed E-state index contributed by atoms with van der Waals surface area (Å²) in [5.41, 5.74) is -0.648. The maximum atomic E-state index is 13.5. The number of esters is 1. The molecule has 1 saturated heterocycles. The predicted octanol–water partition coefficient (Wildman–Crippen LogP) is 1.49. The minimum atomic E-state index is -0.952. The summed E-state index contributed by atoms with van der Waals surface area (Å²) in [5, 5.41) is 5.19. The van der Waals surface area contributed by atoms with E-state index in [-0.39, 0.29) is 12.5 Å². The van der Waals surface area contributed by atoms with Crippen molar-refractivity contribution in [3.63, 3.8) is 0 Å². The number of rotatable bonds is 6. The molecule has 0 unspecified atom stereocenters. The molecule has 2 aliphatic rings. The lowest BCUT2D eigenvalue weighted by atomic mass is 9.73. The van der Waals surface area contributed by atoms with Crippen LogP contribution in [0.5, 0.6) is 0 Å². The normalized spacial score (nSPS) is 23.8. The first-order valence-electron chi connectivity index (χ1n) is 9.63. The molecule has 1 aromatic carbocycles. The number of carbonyl (C=O) groups excluding carboxylic acids is 4. The molecule has 29 heavy (non-hydrogen) atoms. The molecule has 2 fully saturated rings. The summed E-state index contributed by atoms with van der Waals surface area (Å²) in [4.78, 5) is 49.7. The van der Waals surface area contributed by atoms with Gasteiger partial charge in [0.2, 0.25) is 0 Å². The third-order valence-electron chi connectivity index (χ3n) is 5.59. The molecule has 0 aromatic heterocycles. The number of amides is 4. The molecule has 1 aliphatic carbocycles. The van der Waals surface area contributed by atoms with Crippen molar-refractivity contribution in [1.29, 1.82) is 0 Å². The van der Waals surface area contributed by atoms with E-state index >= 15 is 0 Å². The van der Waals surface area contributed by atoms with Gasteiger partial charge >= 0.3 is 12.0 Å². The summed E-state index contributed by atoms with van der Waals surface area (Å²) in [6.45, 7) is 0.730. The lowest BCUT2D eigenvalue weighted by molar-refractivity contribution is -0.151. The molecule has 4 amide bonds. The van der Waals surface area contributed by atoms with E-state index in [1.807, 2.05) is 6.92 Å². The van der Waals surface area contributed by atoms with Crippen molar-refractivity contribution in [3.05, 3.63) is 35.6 Å². The first kappa shape index (κ1) is 20.8. The molecule has 8 nitrogen and oxygen atoms in total. The number of ether oxygens (including phenoxy) is 1. The van der Waals surface area contributed by atoms with Crippen molar-refractivity contribution in [2.75, 3.05) is 13.2 Å². The zero-order valence-corrected chi connectivity index (χ0v) is 16.2. The molecule has 0 radical (unpaired) electrons. The molecular formula is C20H24FN3O5. The zero-order chi connectivity index (χ0) is 21.0. The van der Waals surface area contributed by atoms with Gasteiger partial charge in [0.25, 0.3) is 11.8 Å². The maximum Gasteiger partial charge on any atom is 0.326 e. The number of halogens is 1. The van der Waals surface area contributed by atoms with E-state index in [0.29, 0.717) is 12.0 Å². The van der Waals surface area contributed by atoms with E-state index in [4.69, 9.17) is 4.74 Å². The highest BCUT2D eigenvalue weighted by Gasteiger charge is 2.55. The lowest BCUT2D eigenvalue weighted by Crippen LogP contribution is -2.54. The van der Waals surface area contributed by atoms with E-state index in [1.165, 1.54) is 18.2 Å². The smallest absolute Gasteiger partial charge is 0.326 e. The quantitative estimate of drug-likeness (QED) is 0.551. The van der Waals surface area contributed by atoms with Crippen LogP contribution in [0.15, 0.2) is 24.3 Å². The van der Waals surface area contributed by atoms with Crippen LogP contribution in [0.1, 0.15) is 38.2 Å². The molecule has 3 rings (SSSR count). The van der Waals surface area contributed by atoms with Gasteiger partial charge in [-0.25, -0.2) is 9.18 Å². The van der Waals surface area contributed by atoms with Gasteiger partial charge in [0.05, 0.1) is 0 Å². The third-order valence-corrected chi connectivity index (χ3v) is 5.59. The fourth-order valence-electron chi connectivity index (χ4n) is 3.85. The molecule has 1 saturated carbocycles. The highest BCUT2D eigenvalue weighted by molar-refractivity contribution is 6.09. The Morgan fingerprint density at radius 1 is 1.31 bits per heavy atom. The van der Waals surface area contributed by atoms with Gasteiger partial charge in [-0.3, -0.25) is 19.3 Å². The summed E-state index contributed by atoms with van der Waals surface area (Å²) >= 11 is 0. The molecule has 1 aliphatic heterocycles. The topological polar surface area (TPSA) is 105 Å². The minimum Gasteiger partial charge on any atom is -0.454 e. The van der Waals surface area contributed by atoms with Gasteiger partial charge in [-0.1, -0.05) is 38.0 Å². The van der Waals surface area contributed by atoms with Crippen molar-refractivity contribution < 1.29 is 28.3 Å². The second-order valence-electron chi connectivity index (χ2n) is 7.47. The van der Waals surface area contributed by atoms with Crippen LogP contribution in [-0.2, 0) is 25.7 Å². The molecule has 9 heteroatoms. The summed E-state index contributed by atoms with van der Waals surface area (Å²) < 4.78 is 18.4. The highest BCUT2D eigenvalue weighted by atomic mass is 19.1. The molecule has 2 atom stereocenters. The SMILES string of the molecule is C[C@H]1CCCC[C@]12NC(=O)N(CC(=O)OCC(=O)NCc1ccccc1F)C2=O. The van der Waals surface area contributed by atoms with Crippen LogP contribution in [0.4, 0.5) is 9.18 Å². The van der Waals surface area contributed by atoms with Crippen molar-refractivity contribution in [1.82, 2.24) is 15.5 Å². The number of urea groups is 1. The van der Waals surface area contributed by atoms with E-state index < -0.39 is 48.3 Å². The molecule has 0 bridgehead atoms. The van der Waals surface area contributed by atoms with E-state index in [9.17, 15) is 23.6 Å². The standard InChI is InChI=1S/C20H24FN3O5/c1-13-6-4-5-9-20(13)18(27)24(19(28)23-20)11-17(26)29-12-16(25)22-10-14-7-2-3-8-15(14)21/h2-3,7-8,13H,4-6,9-12H2,1H3,(H,22,25)(H,23,28)/t13-,20-/m0/s1. The van der Waals surface area contributed by atoms with Crippen LogP contribution in [0.3, 0.4) is 0 Å². The third kappa shape index (κ3) is 4.38. The van der Waals surface area contributed by atoms with E-state index in [2.05, 4.69) is 10.6 Å². The molecule has 156 valence electrons. The fourth-order valence-corrected chi connectivity index (χ4v) is 3.85. The van der Waals surface area contributed by atoms with Gasteiger partial charge in [0.15, 0.2) is 6.61 Å². The van der Waals surface area contributed by atoms with Gasteiger partial charge in [-0.05, 0) is 24.8 Å². The fraction of sp³-hybridized carbons (Fsp3) is 0.500. The monoisotopic (exact) mass is 405 g/mol. The molecule has 1 aromatic rings. The average molecular weight is 405 g/mol. The molecular weight excluding hydrogens is 381 g/mol. The average Bonchev–Trinajstić information content (AvgIpc) is 2.93. The van der Waals surface area contributed by atoms with Crippen molar-refractivity contribution in [3.8, 4) is 0 Å². The Morgan fingerprint density at radius 2 is 2.07 bits per heavy atom. The number of carbonyl (C=O) groups is 4. The van der Waals surface area contributed by atoms with Gasteiger partial charge in [0, 0.05) is 12.1 Å². The number of hydrogen-bond donors (Lipinski definition) is 2. The summed E-state index contributed by atoms with van der Waals surface area (Å²) in [6.07, 6.45) is 3.20. The van der Waals surface area contributed by atoms with Crippen LogP contribution in [0.25, 0.3) is 0 Å². The van der Waals surface area contributed by atoms with Crippen molar-refractivity contribution >= 4 is 23.8 Å². The van der Waals surface area contributed by atoms with Gasteiger partial charge in [-0.2, -0.15) is 0 Å². The van der Waals surface area contributed by atoms with Crippen molar-refractivity contribution in [2.45, 2.75) is 44.7 Å². The van der Waals surface area contributed by atoms with E-state index in [1.54, 1.807) is 6.07 Å². The first-order chi connectivity index (χ1) is 13.8. The van der Waals surface area contributed by atoms with Gasteiger partial charge in [-0.15, -0.1) is 0 Å². The second kappa shape index (κ2) is 8.59. The maximum absolute atomic E-state index is 13.5. The van der Waals surface area contributed by atoms with Crippen LogP contribution in [0.2, 0.25) is 0 Å². The summed E-state index contributed by atoms with van der Waals surface area (Å²) in [7, 11) is 0. The number of hydrogen-bond acceptors (Lipinski definition) is 5. The zero-order valence-electron chi connectivity index (χ0n) is 16.2.